The lowest BCUT2D eigenvalue weighted by Gasteiger charge is -2.21. The van der Waals surface area contributed by atoms with Gasteiger partial charge in [-0.3, -0.25) is 4.79 Å². The summed E-state index contributed by atoms with van der Waals surface area (Å²) in [7, 11) is 0. The molecular weight excluding hydrogens is 440 g/mol. The number of hydrogen-bond donors (Lipinski definition) is 3. The Morgan fingerprint density at radius 2 is 2.12 bits per heavy atom. The number of fused-ring (bicyclic) bond motifs is 2. The molecule has 1 saturated heterocycles. The largest absolute Gasteiger partial charge is 0.370 e. The van der Waals surface area contributed by atoms with Crippen LogP contribution >= 0.6 is 11.6 Å². The third kappa shape index (κ3) is 4.41. The molecule has 1 aliphatic heterocycles. The number of para-hydroxylation sites is 1. The number of nitrogens with one attached hydrogen (secondary N) is 3. The summed E-state index contributed by atoms with van der Waals surface area (Å²) in [4.78, 5) is 34.6. The molecule has 1 fully saturated rings. The van der Waals surface area contributed by atoms with Gasteiger partial charge in [0.2, 0.25) is 5.91 Å². The summed E-state index contributed by atoms with van der Waals surface area (Å²) in [5, 5.41) is 8.49. The molecule has 0 radical (unpaired) electrons. The van der Waals surface area contributed by atoms with Crippen molar-refractivity contribution in [2.45, 2.75) is 32.2 Å². The molecule has 0 unspecified atom stereocenters. The maximum absolute atomic E-state index is 11.9. The number of nitrogens with zero attached hydrogens (tertiary/aromatic N) is 5. The van der Waals surface area contributed by atoms with Crippen molar-refractivity contribution in [3.8, 4) is 0 Å². The Balaban J connectivity index is 1.39. The number of benzene rings is 1. The van der Waals surface area contributed by atoms with Crippen LogP contribution in [0, 0.1) is 0 Å². The van der Waals surface area contributed by atoms with E-state index >= 15 is 0 Å². The van der Waals surface area contributed by atoms with E-state index in [0.29, 0.717) is 35.0 Å². The number of aromatic amines is 1. The number of pyridine rings is 1. The highest BCUT2D eigenvalue weighted by atomic mass is 35.5. The molecule has 1 aromatic carbocycles. The van der Waals surface area contributed by atoms with E-state index in [1.165, 1.54) is 6.33 Å². The predicted molar refractivity (Wildman–Crippen MR) is 129 cm³/mol. The highest BCUT2D eigenvalue weighted by Gasteiger charge is 2.20. The molecule has 0 bridgehead atoms. The molecule has 10 heteroatoms. The van der Waals surface area contributed by atoms with Crippen molar-refractivity contribution >= 4 is 51.2 Å². The number of imidazole rings is 1. The number of anilines is 2. The first-order valence-electron chi connectivity index (χ1n) is 11.1. The molecular formula is C23H25ClN8O. The third-order valence-corrected chi connectivity index (χ3v) is 6.24. The second kappa shape index (κ2) is 9.19. The summed E-state index contributed by atoms with van der Waals surface area (Å²) in [5.74, 6) is 1.66. The summed E-state index contributed by atoms with van der Waals surface area (Å²) in [6.07, 6.45) is 5.57. The van der Waals surface area contributed by atoms with Crippen LogP contribution in [-0.4, -0.2) is 55.4 Å². The van der Waals surface area contributed by atoms with E-state index in [1.807, 2.05) is 23.1 Å². The summed E-state index contributed by atoms with van der Waals surface area (Å²) in [6, 6.07) is 7.76. The monoisotopic (exact) mass is 464 g/mol. The molecule has 0 aliphatic carbocycles. The Kier molecular flexibility index (Phi) is 5.95. The third-order valence-electron chi connectivity index (χ3n) is 5.93. The van der Waals surface area contributed by atoms with Crippen LogP contribution in [0.15, 0.2) is 36.9 Å². The van der Waals surface area contributed by atoms with Crippen molar-refractivity contribution in [1.82, 2.24) is 29.8 Å². The molecule has 9 nitrogen and oxygen atoms in total. The van der Waals surface area contributed by atoms with Crippen LogP contribution in [0.4, 0.5) is 11.6 Å². The zero-order valence-electron chi connectivity index (χ0n) is 18.3. The first-order chi connectivity index (χ1) is 16.1. The fourth-order valence-corrected chi connectivity index (χ4v) is 4.44. The minimum Gasteiger partial charge on any atom is -0.370 e. The average Bonchev–Trinajstić information content (AvgIpc) is 3.46. The van der Waals surface area contributed by atoms with E-state index in [9.17, 15) is 4.79 Å². The van der Waals surface area contributed by atoms with Gasteiger partial charge in [-0.05, 0) is 31.9 Å². The van der Waals surface area contributed by atoms with Gasteiger partial charge in [0.05, 0.1) is 22.9 Å². The van der Waals surface area contributed by atoms with Crippen molar-refractivity contribution in [3.05, 3.63) is 47.5 Å². The Hall–Kier alpha value is -3.46. The SMILES string of the molecule is C[C@H](Nc1ncnc2[nH]cnc12)c1cc2cccc(Cl)c2nc1NCCCN1CCCC1=O. The van der Waals surface area contributed by atoms with Gasteiger partial charge in [0.25, 0.3) is 0 Å². The number of carbonyl (C=O) groups is 1. The van der Waals surface area contributed by atoms with Crippen LogP contribution in [0.2, 0.25) is 5.02 Å². The molecule has 3 N–H and O–H groups in total. The van der Waals surface area contributed by atoms with Crippen LogP contribution in [0.1, 0.15) is 37.8 Å². The Labute approximate surface area is 196 Å². The van der Waals surface area contributed by atoms with Gasteiger partial charge in [-0.1, -0.05) is 23.7 Å². The van der Waals surface area contributed by atoms with Crippen LogP contribution in [0.3, 0.4) is 0 Å². The van der Waals surface area contributed by atoms with E-state index in [0.717, 1.165) is 48.2 Å². The zero-order valence-corrected chi connectivity index (χ0v) is 19.1. The number of likely N-dealkylation sites (tertiary alicyclic amines) is 1. The number of carbonyl (C=O) groups excluding carboxylic acids is 1. The standard InChI is InChI=1S/C23H25ClN8O/c1-14(30-23-20-22(27-12-26-20)28-13-29-23)16-11-15-5-2-6-17(24)19(15)31-21(16)25-8-4-10-32-9-3-7-18(32)33/h2,5-6,11-14H,3-4,7-10H2,1H3,(H,25,31)(H2,26,27,28,29,30)/t14-/m0/s1. The summed E-state index contributed by atoms with van der Waals surface area (Å²) in [6.45, 7) is 4.36. The topological polar surface area (TPSA) is 112 Å². The van der Waals surface area contributed by atoms with Gasteiger partial charge in [0, 0.05) is 37.0 Å². The quantitative estimate of drug-likeness (QED) is 0.336. The Bertz CT molecular complexity index is 1310. The molecule has 3 aromatic heterocycles. The summed E-state index contributed by atoms with van der Waals surface area (Å²) in [5.41, 5.74) is 3.11. The van der Waals surface area contributed by atoms with Crippen LogP contribution in [-0.2, 0) is 4.79 Å². The first-order valence-corrected chi connectivity index (χ1v) is 11.5. The van der Waals surface area contributed by atoms with E-state index < -0.39 is 0 Å². The van der Waals surface area contributed by atoms with Crippen molar-refractivity contribution in [2.75, 3.05) is 30.3 Å². The van der Waals surface area contributed by atoms with Gasteiger partial charge < -0.3 is 20.5 Å². The molecule has 1 aliphatic rings. The molecule has 170 valence electrons. The number of rotatable bonds is 8. The van der Waals surface area contributed by atoms with Crippen LogP contribution in [0.25, 0.3) is 22.1 Å². The number of H-pyrrole nitrogens is 1. The lowest BCUT2D eigenvalue weighted by Crippen LogP contribution is -2.27. The Morgan fingerprint density at radius 1 is 1.21 bits per heavy atom. The molecule has 5 rings (SSSR count). The molecule has 33 heavy (non-hydrogen) atoms. The van der Waals surface area contributed by atoms with Crippen molar-refractivity contribution in [1.29, 1.82) is 0 Å². The van der Waals surface area contributed by atoms with E-state index in [1.54, 1.807) is 6.33 Å². The van der Waals surface area contributed by atoms with E-state index in [-0.39, 0.29) is 11.9 Å². The van der Waals surface area contributed by atoms with Crippen LogP contribution < -0.4 is 10.6 Å². The zero-order chi connectivity index (χ0) is 22.8. The smallest absolute Gasteiger partial charge is 0.222 e. The van der Waals surface area contributed by atoms with E-state index in [2.05, 4.69) is 43.6 Å². The molecule has 0 spiro atoms. The second-order valence-electron chi connectivity index (χ2n) is 8.19. The Morgan fingerprint density at radius 3 is 2.97 bits per heavy atom. The number of halogens is 1. The van der Waals surface area contributed by atoms with Gasteiger partial charge in [-0.2, -0.15) is 0 Å². The van der Waals surface area contributed by atoms with Crippen molar-refractivity contribution < 1.29 is 4.79 Å². The van der Waals surface area contributed by atoms with Gasteiger partial charge >= 0.3 is 0 Å². The minimum atomic E-state index is -0.113. The van der Waals surface area contributed by atoms with E-state index in [4.69, 9.17) is 16.6 Å². The van der Waals surface area contributed by atoms with Crippen molar-refractivity contribution in [3.63, 3.8) is 0 Å². The van der Waals surface area contributed by atoms with Gasteiger partial charge in [-0.25, -0.2) is 19.9 Å². The van der Waals surface area contributed by atoms with Crippen molar-refractivity contribution in [2.24, 2.45) is 0 Å². The van der Waals surface area contributed by atoms with Gasteiger partial charge in [0.15, 0.2) is 11.5 Å². The fourth-order valence-electron chi connectivity index (χ4n) is 4.22. The normalized spacial score (nSPS) is 14.8. The number of amides is 1. The summed E-state index contributed by atoms with van der Waals surface area (Å²) >= 11 is 6.43. The minimum absolute atomic E-state index is 0.113. The average molecular weight is 465 g/mol. The fraction of sp³-hybridized carbons (Fsp3) is 0.348. The number of aromatic nitrogens is 5. The second-order valence-corrected chi connectivity index (χ2v) is 8.60. The molecule has 4 aromatic rings. The van der Waals surface area contributed by atoms with Crippen LogP contribution in [0.5, 0.6) is 0 Å². The highest BCUT2D eigenvalue weighted by Crippen LogP contribution is 2.31. The number of hydrogen-bond acceptors (Lipinski definition) is 7. The highest BCUT2D eigenvalue weighted by molar-refractivity contribution is 6.35. The lowest BCUT2D eigenvalue weighted by molar-refractivity contribution is -0.127. The molecule has 1 atom stereocenters. The summed E-state index contributed by atoms with van der Waals surface area (Å²) < 4.78 is 0. The maximum atomic E-state index is 11.9. The maximum Gasteiger partial charge on any atom is 0.222 e. The molecule has 1 amide bonds. The van der Waals surface area contributed by atoms with Gasteiger partial charge in [0.1, 0.15) is 17.7 Å². The lowest BCUT2D eigenvalue weighted by atomic mass is 10.1. The predicted octanol–water partition coefficient (Wildman–Crippen LogP) is 4.15. The molecule has 4 heterocycles. The van der Waals surface area contributed by atoms with Gasteiger partial charge in [-0.15, -0.1) is 0 Å². The first kappa shape index (κ1) is 21.4. The molecule has 0 saturated carbocycles.